The summed E-state index contributed by atoms with van der Waals surface area (Å²) in [5.41, 5.74) is 1.89. The quantitative estimate of drug-likeness (QED) is 0.623. The lowest BCUT2D eigenvalue weighted by molar-refractivity contribution is -0.757. The fourth-order valence-corrected chi connectivity index (χ4v) is 2.45. The molecule has 0 aliphatic rings. The summed E-state index contributed by atoms with van der Waals surface area (Å²) in [6, 6.07) is 0. The van der Waals surface area contributed by atoms with Crippen LogP contribution in [0.3, 0.4) is 0 Å². The van der Waals surface area contributed by atoms with E-state index in [1.165, 1.54) is 6.92 Å². The summed E-state index contributed by atoms with van der Waals surface area (Å²) in [7, 11) is 1.76. The van der Waals surface area contributed by atoms with Gasteiger partial charge in [0.2, 0.25) is 5.91 Å². The molecule has 0 aromatic carbocycles. The zero-order valence-corrected chi connectivity index (χ0v) is 15.4. The first-order chi connectivity index (χ1) is 11.9. The zero-order valence-electron chi connectivity index (χ0n) is 15.4. The molecular formula is C16H27FN7O+. The number of hydrogen-bond acceptors (Lipinski definition) is 4. The van der Waals surface area contributed by atoms with Gasteiger partial charge in [0.15, 0.2) is 11.9 Å². The van der Waals surface area contributed by atoms with Crippen molar-refractivity contribution in [3.63, 3.8) is 0 Å². The van der Waals surface area contributed by atoms with Crippen molar-refractivity contribution < 1.29 is 13.9 Å². The van der Waals surface area contributed by atoms with Gasteiger partial charge in [-0.05, 0) is 0 Å². The second-order valence-electron chi connectivity index (χ2n) is 6.35. The molecular weight excluding hydrogens is 325 g/mol. The summed E-state index contributed by atoms with van der Waals surface area (Å²) in [4.78, 5) is 14.5. The van der Waals surface area contributed by atoms with Gasteiger partial charge in [-0.25, -0.2) is 0 Å². The molecule has 0 radical (unpaired) electrons. The van der Waals surface area contributed by atoms with Crippen LogP contribution in [0.15, 0.2) is 12.4 Å². The molecule has 9 heteroatoms. The first-order valence-corrected chi connectivity index (χ1v) is 8.52. The van der Waals surface area contributed by atoms with Crippen molar-refractivity contribution >= 4 is 5.91 Å². The number of likely N-dealkylation sites (N-methyl/N-ethyl adjacent to an activating group) is 1. The van der Waals surface area contributed by atoms with Crippen LogP contribution in [0.5, 0.6) is 0 Å². The van der Waals surface area contributed by atoms with E-state index in [0.29, 0.717) is 32.6 Å². The number of carbonyl (C=O) groups excluding carboxylic acids is 1. The molecule has 0 saturated heterocycles. The maximum Gasteiger partial charge on any atom is 0.219 e. The summed E-state index contributed by atoms with van der Waals surface area (Å²) in [6.07, 6.45) is 4.19. The molecule has 8 nitrogen and oxygen atoms in total. The Kier molecular flexibility index (Phi) is 6.60. The number of rotatable bonds is 9. The molecule has 0 N–H and O–H groups in total. The molecule has 1 amide bonds. The molecule has 1 unspecified atom stereocenters. The van der Waals surface area contributed by atoms with E-state index >= 15 is 0 Å². The smallest absolute Gasteiger partial charge is 0.219 e. The molecule has 0 fully saturated rings. The Bertz CT molecular complexity index is 696. The lowest BCUT2D eigenvalue weighted by Gasteiger charge is -2.13. The summed E-state index contributed by atoms with van der Waals surface area (Å²) >= 11 is 0. The van der Waals surface area contributed by atoms with E-state index in [1.54, 1.807) is 22.9 Å². The van der Waals surface area contributed by atoms with Gasteiger partial charge >= 0.3 is 0 Å². The number of alkyl halides is 1. The first kappa shape index (κ1) is 19.0. The minimum absolute atomic E-state index is 0.0239. The lowest BCUT2D eigenvalue weighted by Crippen LogP contribution is -2.38. The van der Waals surface area contributed by atoms with Gasteiger partial charge in [-0.2, -0.15) is 15.0 Å². The number of aromatic nitrogens is 6. The van der Waals surface area contributed by atoms with Crippen LogP contribution in [0, 0.1) is 6.92 Å². The topological polar surface area (TPSA) is 72.7 Å². The highest BCUT2D eigenvalue weighted by Gasteiger charge is 2.18. The van der Waals surface area contributed by atoms with Gasteiger partial charge in [-0.3, -0.25) is 9.18 Å². The van der Waals surface area contributed by atoms with E-state index in [0.717, 1.165) is 11.4 Å². The van der Waals surface area contributed by atoms with Crippen LogP contribution in [-0.4, -0.2) is 56.0 Å². The number of carbonyl (C=O) groups is 1. The van der Waals surface area contributed by atoms with Crippen LogP contribution < -0.4 is 4.68 Å². The second kappa shape index (κ2) is 8.68. The van der Waals surface area contributed by atoms with Crippen molar-refractivity contribution in [1.82, 2.24) is 29.8 Å². The van der Waals surface area contributed by atoms with Crippen LogP contribution in [0.1, 0.15) is 37.6 Å². The highest BCUT2D eigenvalue weighted by Crippen LogP contribution is 2.11. The Morgan fingerprint density at radius 3 is 2.88 bits per heavy atom. The highest BCUT2D eigenvalue weighted by molar-refractivity contribution is 5.72. The van der Waals surface area contributed by atoms with Gasteiger partial charge in [0.05, 0.1) is 30.3 Å². The molecule has 0 aliphatic carbocycles. The SMILES string of the molecule is CC(=O)N(C)CCn1ncc(C(C)C[n+]2cc(C)n(CCCF)n2)n1. The van der Waals surface area contributed by atoms with E-state index in [9.17, 15) is 9.18 Å². The molecule has 0 saturated carbocycles. The lowest BCUT2D eigenvalue weighted by atomic mass is 10.1. The molecule has 0 bridgehead atoms. The standard InChI is InChI=1S/C16H27FN7O/c1-13(11-22-12-14(2)23(20-22)7-5-6-17)16-10-18-24(19-16)9-8-21(4)15(3)25/h10,12-13H,5-9,11H2,1-4H3/q+1. The zero-order chi connectivity index (χ0) is 18.4. The fourth-order valence-electron chi connectivity index (χ4n) is 2.45. The molecule has 138 valence electrons. The van der Waals surface area contributed by atoms with Gasteiger partial charge in [-0.1, -0.05) is 6.92 Å². The first-order valence-electron chi connectivity index (χ1n) is 8.52. The van der Waals surface area contributed by atoms with Crippen LogP contribution >= 0.6 is 0 Å². The summed E-state index contributed by atoms with van der Waals surface area (Å²) < 4.78 is 16.0. The van der Waals surface area contributed by atoms with E-state index < -0.39 is 0 Å². The third kappa shape index (κ3) is 5.33. The van der Waals surface area contributed by atoms with Gasteiger partial charge < -0.3 is 4.90 Å². The third-order valence-corrected chi connectivity index (χ3v) is 4.16. The summed E-state index contributed by atoms with van der Waals surface area (Å²) in [6.45, 7) is 7.64. The third-order valence-electron chi connectivity index (χ3n) is 4.16. The average Bonchev–Trinajstić information content (AvgIpc) is 3.17. The Labute approximate surface area is 147 Å². The van der Waals surface area contributed by atoms with E-state index in [4.69, 9.17) is 0 Å². The van der Waals surface area contributed by atoms with Gasteiger partial charge in [0, 0.05) is 39.8 Å². The van der Waals surface area contributed by atoms with Crippen molar-refractivity contribution in [2.45, 2.75) is 52.7 Å². The number of nitrogens with zero attached hydrogens (tertiary/aromatic N) is 7. The van der Waals surface area contributed by atoms with Crippen molar-refractivity contribution in [2.24, 2.45) is 0 Å². The molecule has 0 spiro atoms. The average molecular weight is 352 g/mol. The van der Waals surface area contributed by atoms with Crippen molar-refractivity contribution in [3.05, 3.63) is 23.8 Å². The van der Waals surface area contributed by atoms with Crippen LogP contribution in [0.25, 0.3) is 0 Å². The molecule has 25 heavy (non-hydrogen) atoms. The molecule has 0 aliphatic heterocycles. The number of halogens is 1. The maximum absolute atomic E-state index is 12.3. The van der Waals surface area contributed by atoms with E-state index in [-0.39, 0.29) is 18.5 Å². The van der Waals surface area contributed by atoms with Crippen molar-refractivity contribution in [2.75, 3.05) is 20.3 Å². The Balaban J connectivity index is 1.93. The molecule has 1 atom stereocenters. The largest absolute Gasteiger partial charge is 0.344 e. The molecule has 2 aromatic heterocycles. The van der Waals surface area contributed by atoms with Gasteiger partial charge in [0.25, 0.3) is 0 Å². The van der Waals surface area contributed by atoms with E-state index in [1.807, 2.05) is 22.5 Å². The Morgan fingerprint density at radius 1 is 1.44 bits per heavy atom. The van der Waals surface area contributed by atoms with Crippen LogP contribution in [-0.2, 0) is 24.4 Å². The number of hydrogen-bond donors (Lipinski definition) is 0. The highest BCUT2D eigenvalue weighted by atomic mass is 19.1. The summed E-state index contributed by atoms with van der Waals surface area (Å²) in [5, 5.41) is 13.2. The second-order valence-corrected chi connectivity index (χ2v) is 6.35. The minimum Gasteiger partial charge on any atom is -0.344 e. The fraction of sp³-hybridized carbons (Fsp3) is 0.688. The van der Waals surface area contributed by atoms with Crippen molar-refractivity contribution in [3.8, 4) is 0 Å². The van der Waals surface area contributed by atoms with Crippen LogP contribution in [0.4, 0.5) is 4.39 Å². The molecule has 2 rings (SSSR count). The Morgan fingerprint density at radius 2 is 2.20 bits per heavy atom. The monoisotopic (exact) mass is 352 g/mol. The minimum atomic E-state index is -0.336. The summed E-state index contributed by atoms with van der Waals surface area (Å²) in [5.74, 6) is 0.170. The predicted molar refractivity (Wildman–Crippen MR) is 89.5 cm³/mol. The van der Waals surface area contributed by atoms with Crippen molar-refractivity contribution in [1.29, 1.82) is 0 Å². The normalized spacial score (nSPS) is 12.4. The predicted octanol–water partition coefficient (Wildman–Crippen LogP) is 0.712. The van der Waals surface area contributed by atoms with Gasteiger partial charge in [-0.15, -0.1) is 9.36 Å². The van der Waals surface area contributed by atoms with Gasteiger partial charge in [0.1, 0.15) is 13.1 Å². The van der Waals surface area contributed by atoms with Crippen LogP contribution in [0.2, 0.25) is 0 Å². The number of aryl methyl sites for hydroxylation is 2. The van der Waals surface area contributed by atoms with E-state index in [2.05, 4.69) is 22.3 Å². The Hall–Kier alpha value is -2.32. The maximum atomic E-state index is 12.3. The molecule has 2 heterocycles. The number of amides is 1. The molecule has 2 aromatic rings.